The molecule has 2 rings (SSSR count). The molecule has 2 aromatic carbocycles. The van der Waals surface area contributed by atoms with E-state index in [0.717, 1.165) is 0 Å². The number of anilines is 2. The third-order valence-corrected chi connectivity index (χ3v) is 2.86. The Morgan fingerprint density at radius 3 is 2.67 bits per heavy atom. The summed E-state index contributed by atoms with van der Waals surface area (Å²) in [6.45, 7) is 0.430. The number of rotatable bonds is 6. The van der Waals surface area contributed by atoms with Crippen LogP contribution in [0.3, 0.4) is 0 Å². The first kappa shape index (κ1) is 14.8. The van der Waals surface area contributed by atoms with E-state index >= 15 is 0 Å². The van der Waals surface area contributed by atoms with E-state index in [4.69, 9.17) is 4.74 Å². The number of methoxy groups -OCH3 is 1. The first-order valence-corrected chi connectivity index (χ1v) is 6.61. The van der Waals surface area contributed by atoms with Gasteiger partial charge in [-0.1, -0.05) is 12.1 Å². The second-order valence-corrected chi connectivity index (χ2v) is 4.47. The first-order valence-electron chi connectivity index (χ1n) is 6.61. The lowest BCUT2D eigenvalue weighted by molar-refractivity contribution is -0.115. The molecule has 0 radical (unpaired) electrons. The Labute approximate surface area is 122 Å². The molecule has 2 N–H and O–H groups in total. The van der Waals surface area contributed by atoms with Crippen molar-refractivity contribution in [1.29, 1.82) is 0 Å². The normalized spacial score (nSPS) is 10.0. The molecule has 21 heavy (non-hydrogen) atoms. The lowest BCUT2D eigenvalue weighted by atomic mass is 10.2. The summed E-state index contributed by atoms with van der Waals surface area (Å²) in [5, 5.41) is 5.78. The Kier molecular flexibility index (Phi) is 5.15. The van der Waals surface area contributed by atoms with Crippen molar-refractivity contribution in [2.45, 2.75) is 6.42 Å². The molecule has 0 unspecified atom stereocenters. The topological polar surface area (TPSA) is 50.4 Å². The van der Waals surface area contributed by atoms with Crippen molar-refractivity contribution in [3.63, 3.8) is 0 Å². The number of amides is 1. The molecule has 110 valence electrons. The Hall–Kier alpha value is -2.56. The molecule has 0 aliphatic rings. The summed E-state index contributed by atoms with van der Waals surface area (Å²) in [6, 6.07) is 13.3. The van der Waals surface area contributed by atoms with Crippen LogP contribution < -0.4 is 15.4 Å². The zero-order valence-electron chi connectivity index (χ0n) is 11.7. The van der Waals surface area contributed by atoms with Crippen molar-refractivity contribution in [3.05, 3.63) is 54.3 Å². The fourth-order valence-corrected chi connectivity index (χ4v) is 1.84. The van der Waals surface area contributed by atoms with Crippen molar-refractivity contribution >= 4 is 17.3 Å². The number of hydrogen-bond donors (Lipinski definition) is 2. The molecule has 0 aliphatic heterocycles. The number of hydrogen-bond acceptors (Lipinski definition) is 3. The molecule has 0 aromatic heterocycles. The van der Waals surface area contributed by atoms with Crippen LogP contribution >= 0.6 is 0 Å². The van der Waals surface area contributed by atoms with Crippen molar-refractivity contribution in [1.82, 2.24) is 0 Å². The van der Waals surface area contributed by atoms with Crippen LogP contribution in [0.25, 0.3) is 0 Å². The molecule has 5 heteroatoms. The maximum absolute atomic E-state index is 13.0. The maximum Gasteiger partial charge on any atom is 0.226 e. The fourth-order valence-electron chi connectivity index (χ4n) is 1.84. The van der Waals surface area contributed by atoms with Gasteiger partial charge in [0.05, 0.1) is 7.11 Å². The predicted molar refractivity (Wildman–Crippen MR) is 81.1 cm³/mol. The number of carbonyl (C=O) groups is 1. The monoisotopic (exact) mass is 288 g/mol. The van der Waals surface area contributed by atoms with Crippen LogP contribution in [0.2, 0.25) is 0 Å². The molecule has 0 heterocycles. The van der Waals surface area contributed by atoms with Gasteiger partial charge in [0.1, 0.15) is 11.6 Å². The number of nitrogens with one attached hydrogen (secondary N) is 2. The van der Waals surface area contributed by atoms with Gasteiger partial charge in [-0.3, -0.25) is 4.79 Å². The molecular formula is C16H17FN2O2. The minimum atomic E-state index is -0.305. The summed E-state index contributed by atoms with van der Waals surface area (Å²) in [5.41, 5.74) is 1.34. The fraction of sp³-hybridized carbons (Fsp3) is 0.188. The molecule has 2 aromatic rings. The molecule has 4 nitrogen and oxygen atoms in total. The molecule has 0 saturated carbocycles. The van der Waals surface area contributed by atoms with Gasteiger partial charge in [-0.2, -0.15) is 0 Å². The molecule has 0 bridgehead atoms. The number of carbonyl (C=O) groups excluding carboxylic acids is 1. The highest BCUT2D eigenvalue weighted by atomic mass is 19.1. The number of ether oxygens (including phenoxy) is 1. The van der Waals surface area contributed by atoms with E-state index in [0.29, 0.717) is 23.7 Å². The van der Waals surface area contributed by atoms with Crippen LogP contribution in [-0.2, 0) is 4.79 Å². The van der Waals surface area contributed by atoms with E-state index < -0.39 is 0 Å². The summed E-state index contributed by atoms with van der Waals surface area (Å²) in [6.07, 6.45) is 0.285. The molecule has 1 amide bonds. The van der Waals surface area contributed by atoms with Crippen molar-refractivity contribution in [2.75, 3.05) is 24.3 Å². The lowest BCUT2D eigenvalue weighted by Crippen LogP contribution is -2.16. The standard InChI is InChI=1S/C16H17FN2O2/c1-21-15-7-3-6-14(11-15)19-16(20)8-9-18-13-5-2-4-12(17)10-13/h2-7,10-11,18H,8-9H2,1H3,(H,19,20). The van der Waals surface area contributed by atoms with Crippen LogP contribution in [0.5, 0.6) is 5.75 Å². The van der Waals surface area contributed by atoms with Crippen molar-refractivity contribution in [3.8, 4) is 5.75 Å². The highest BCUT2D eigenvalue weighted by molar-refractivity contribution is 5.91. The quantitative estimate of drug-likeness (QED) is 0.857. The second kappa shape index (κ2) is 7.28. The Morgan fingerprint density at radius 1 is 1.14 bits per heavy atom. The highest BCUT2D eigenvalue weighted by Crippen LogP contribution is 2.16. The van der Waals surface area contributed by atoms with E-state index in [1.807, 2.05) is 0 Å². The molecule has 0 spiro atoms. The molecule has 0 atom stereocenters. The smallest absolute Gasteiger partial charge is 0.226 e. The number of benzene rings is 2. The SMILES string of the molecule is COc1cccc(NC(=O)CCNc2cccc(F)c2)c1. The van der Waals surface area contributed by atoms with Gasteiger partial charge in [0.15, 0.2) is 0 Å². The van der Waals surface area contributed by atoms with Crippen LogP contribution in [0.15, 0.2) is 48.5 Å². The average Bonchev–Trinajstić information content (AvgIpc) is 2.47. The van der Waals surface area contributed by atoms with Crippen LogP contribution in [-0.4, -0.2) is 19.6 Å². The Bertz CT molecular complexity index is 617. The lowest BCUT2D eigenvalue weighted by Gasteiger charge is -2.08. The predicted octanol–water partition coefficient (Wildman–Crippen LogP) is 3.28. The molecule has 0 aliphatic carbocycles. The summed E-state index contributed by atoms with van der Waals surface area (Å²) in [7, 11) is 1.57. The minimum absolute atomic E-state index is 0.118. The second-order valence-electron chi connectivity index (χ2n) is 4.47. The van der Waals surface area contributed by atoms with Gasteiger partial charge in [0.25, 0.3) is 0 Å². The summed E-state index contributed by atoms with van der Waals surface area (Å²) >= 11 is 0. The summed E-state index contributed by atoms with van der Waals surface area (Å²) in [5.74, 6) is 0.263. The van der Waals surface area contributed by atoms with E-state index in [1.165, 1.54) is 12.1 Å². The molecule has 0 fully saturated rings. The highest BCUT2D eigenvalue weighted by Gasteiger charge is 2.03. The zero-order chi connectivity index (χ0) is 15.1. The third-order valence-electron chi connectivity index (χ3n) is 2.86. The average molecular weight is 288 g/mol. The first-order chi connectivity index (χ1) is 10.2. The largest absolute Gasteiger partial charge is 0.497 e. The summed E-state index contributed by atoms with van der Waals surface area (Å²) in [4.78, 5) is 11.8. The molecular weight excluding hydrogens is 271 g/mol. The summed E-state index contributed by atoms with van der Waals surface area (Å²) < 4.78 is 18.1. The maximum atomic E-state index is 13.0. The van der Waals surface area contributed by atoms with Crippen LogP contribution in [0.1, 0.15) is 6.42 Å². The zero-order valence-corrected chi connectivity index (χ0v) is 11.7. The molecule has 0 saturated heterocycles. The van der Waals surface area contributed by atoms with Crippen molar-refractivity contribution < 1.29 is 13.9 Å². The van der Waals surface area contributed by atoms with Gasteiger partial charge in [-0.05, 0) is 30.3 Å². The van der Waals surface area contributed by atoms with E-state index in [1.54, 1.807) is 43.5 Å². The van der Waals surface area contributed by atoms with Gasteiger partial charge in [0, 0.05) is 30.4 Å². The van der Waals surface area contributed by atoms with E-state index in [9.17, 15) is 9.18 Å². The van der Waals surface area contributed by atoms with Gasteiger partial charge in [-0.15, -0.1) is 0 Å². The van der Waals surface area contributed by atoms with E-state index in [-0.39, 0.29) is 18.1 Å². The van der Waals surface area contributed by atoms with Crippen LogP contribution in [0.4, 0.5) is 15.8 Å². The van der Waals surface area contributed by atoms with Gasteiger partial charge in [-0.25, -0.2) is 4.39 Å². The Morgan fingerprint density at radius 2 is 1.90 bits per heavy atom. The van der Waals surface area contributed by atoms with Crippen LogP contribution in [0, 0.1) is 5.82 Å². The Balaban J connectivity index is 1.79. The van der Waals surface area contributed by atoms with Crippen molar-refractivity contribution in [2.24, 2.45) is 0 Å². The van der Waals surface area contributed by atoms with Gasteiger partial charge in [0.2, 0.25) is 5.91 Å². The number of halogens is 1. The minimum Gasteiger partial charge on any atom is -0.497 e. The van der Waals surface area contributed by atoms with E-state index in [2.05, 4.69) is 10.6 Å². The third kappa shape index (κ3) is 4.80. The van der Waals surface area contributed by atoms with Gasteiger partial charge < -0.3 is 15.4 Å². The van der Waals surface area contributed by atoms with Gasteiger partial charge >= 0.3 is 0 Å².